The molecule has 0 saturated heterocycles. The average molecular weight is 394 g/mol. The van der Waals surface area contributed by atoms with Crippen LogP contribution in [-0.4, -0.2) is 38.5 Å². The molecule has 0 unspecified atom stereocenters. The fourth-order valence-electron chi connectivity index (χ4n) is 2.42. The number of carbonyl (C=O) groups excluding carboxylic acids is 2. The lowest BCUT2D eigenvalue weighted by Crippen LogP contribution is -2.44. The Morgan fingerprint density at radius 3 is 2.37 bits per heavy atom. The van der Waals surface area contributed by atoms with Gasteiger partial charge in [0.1, 0.15) is 16.3 Å². The third-order valence-corrected chi connectivity index (χ3v) is 5.24. The van der Waals surface area contributed by atoms with Crippen molar-refractivity contribution in [3.63, 3.8) is 0 Å². The van der Waals surface area contributed by atoms with Crippen molar-refractivity contribution < 1.29 is 22.7 Å². The second kappa shape index (κ2) is 8.23. The minimum atomic E-state index is -3.67. The maximum Gasteiger partial charge on any atom is 0.286 e. The number of ether oxygens (including phenoxy) is 1. The lowest BCUT2D eigenvalue weighted by Gasteiger charge is -2.12. The van der Waals surface area contributed by atoms with Crippen LogP contribution in [0.2, 0.25) is 0 Å². The monoisotopic (exact) mass is 394 g/mol. The lowest BCUT2D eigenvalue weighted by molar-refractivity contribution is -0.123. The molecular formula is C17H22N4O5S. The summed E-state index contributed by atoms with van der Waals surface area (Å²) in [4.78, 5) is 24.0. The van der Waals surface area contributed by atoms with E-state index in [2.05, 4.69) is 15.6 Å². The first kappa shape index (κ1) is 20.5. The van der Waals surface area contributed by atoms with E-state index in [1.807, 2.05) is 32.0 Å². The molecular weight excluding hydrogens is 372 g/mol. The Labute approximate surface area is 157 Å². The Balaban J connectivity index is 1.95. The molecule has 1 aromatic carbocycles. The number of sulfonamides is 1. The maximum atomic E-state index is 12.2. The number of aromatic nitrogens is 1. The van der Waals surface area contributed by atoms with Gasteiger partial charge < -0.3 is 9.30 Å². The molecule has 10 heteroatoms. The molecule has 0 aliphatic heterocycles. The molecule has 2 amide bonds. The molecule has 0 saturated carbocycles. The molecule has 0 aliphatic carbocycles. The lowest BCUT2D eigenvalue weighted by atomic mass is 10.1. The second-order valence-corrected chi connectivity index (χ2v) is 7.78. The summed E-state index contributed by atoms with van der Waals surface area (Å²) in [6.07, 6.45) is 1.30. The predicted octanol–water partition coefficient (Wildman–Crippen LogP) is 0.390. The molecule has 0 spiro atoms. The summed E-state index contributed by atoms with van der Waals surface area (Å²) in [5.41, 5.74) is 6.33. The van der Waals surface area contributed by atoms with Crippen LogP contribution >= 0.6 is 0 Å². The van der Waals surface area contributed by atoms with Gasteiger partial charge in [0.05, 0.1) is 0 Å². The zero-order chi connectivity index (χ0) is 20.2. The summed E-state index contributed by atoms with van der Waals surface area (Å²) >= 11 is 0. The molecule has 3 N–H and O–H groups in total. The first-order valence-electron chi connectivity index (χ1n) is 8.04. The number of nitrogens with zero attached hydrogens (tertiary/aromatic N) is 1. The molecule has 1 heterocycles. The van der Waals surface area contributed by atoms with Crippen molar-refractivity contribution in [2.24, 2.45) is 7.05 Å². The number of rotatable bonds is 6. The highest BCUT2D eigenvalue weighted by Gasteiger charge is 2.19. The van der Waals surface area contributed by atoms with E-state index in [4.69, 9.17) is 4.74 Å². The molecule has 0 fully saturated rings. The van der Waals surface area contributed by atoms with Gasteiger partial charge in [-0.15, -0.1) is 0 Å². The van der Waals surface area contributed by atoms with Crippen molar-refractivity contribution in [1.29, 1.82) is 0 Å². The molecule has 0 aliphatic rings. The zero-order valence-electron chi connectivity index (χ0n) is 15.5. The highest BCUT2D eigenvalue weighted by Crippen LogP contribution is 2.22. The van der Waals surface area contributed by atoms with Gasteiger partial charge >= 0.3 is 0 Å². The van der Waals surface area contributed by atoms with E-state index in [0.29, 0.717) is 5.75 Å². The number of aryl methyl sites for hydroxylation is 3. The van der Waals surface area contributed by atoms with Crippen LogP contribution in [0.1, 0.15) is 21.6 Å². The SMILES string of the molecule is CNS(=O)(=O)c1cc(C(=O)NNC(=O)COc2c(C)cccc2C)n(C)c1. The van der Waals surface area contributed by atoms with Gasteiger partial charge in [0, 0.05) is 13.2 Å². The van der Waals surface area contributed by atoms with Crippen molar-refractivity contribution >= 4 is 21.8 Å². The van der Waals surface area contributed by atoms with Crippen LogP contribution in [0, 0.1) is 13.8 Å². The number of nitrogens with one attached hydrogen (secondary N) is 3. The van der Waals surface area contributed by atoms with Crippen molar-refractivity contribution in [3.05, 3.63) is 47.3 Å². The van der Waals surface area contributed by atoms with E-state index in [9.17, 15) is 18.0 Å². The van der Waals surface area contributed by atoms with Gasteiger partial charge in [0.25, 0.3) is 11.8 Å². The number of hydrogen-bond acceptors (Lipinski definition) is 5. The Hall–Kier alpha value is -2.85. The summed E-state index contributed by atoms with van der Waals surface area (Å²) in [7, 11) is -0.871. The smallest absolute Gasteiger partial charge is 0.286 e. The third-order valence-electron chi connectivity index (χ3n) is 3.86. The van der Waals surface area contributed by atoms with Crippen molar-refractivity contribution in [1.82, 2.24) is 20.1 Å². The topological polar surface area (TPSA) is 119 Å². The molecule has 27 heavy (non-hydrogen) atoms. The maximum absolute atomic E-state index is 12.2. The van der Waals surface area contributed by atoms with Gasteiger partial charge in [-0.25, -0.2) is 13.1 Å². The quantitative estimate of drug-likeness (QED) is 0.613. The van der Waals surface area contributed by atoms with Crippen LogP contribution in [0.5, 0.6) is 5.75 Å². The number of benzene rings is 1. The van der Waals surface area contributed by atoms with Gasteiger partial charge in [0.15, 0.2) is 6.61 Å². The summed E-state index contributed by atoms with van der Waals surface area (Å²) in [6, 6.07) is 6.84. The highest BCUT2D eigenvalue weighted by atomic mass is 32.2. The molecule has 9 nitrogen and oxygen atoms in total. The fraction of sp³-hybridized carbons (Fsp3) is 0.294. The van der Waals surface area contributed by atoms with Crippen LogP contribution in [0.3, 0.4) is 0 Å². The minimum Gasteiger partial charge on any atom is -0.483 e. The zero-order valence-corrected chi connectivity index (χ0v) is 16.3. The highest BCUT2D eigenvalue weighted by molar-refractivity contribution is 7.89. The summed E-state index contributed by atoms with van der Waals surface area (Å²) in [6.45, 7) is 3.46. The van der Waals surface area contributed by atoms with Crippen LogP contribution in [0.25, 0.3) is 0 Å². The predicted molar refractivity (Wildman–Crippen MR) is 98.7 cm³/mol. The van der Waals surface area contributed by atoms with E-state index in [-0.39, 0.29) is 17.2 Å². The van der Waals surface area contributed by atoms with Crippen molar-refractivity contribution in [2.75, 3.05) is 13.7 Å². The third kappa shape index (κ3) is 4.86. The Kier molecular flexibility index (Phi) is 6.24. The molecule has 0 radical (unpaired) electrons. The average Bonchev–Trinajstić information content (AvgIpc) is 3.02. The van der Waals surface area contributed by atoms with Gasteiger partial charge in [-0.1, -0.05) is 18.2 Å². The fourth-order valence-corrected chi connectivity index (χ4v) is 3.22. The number of carbonyl (C=O) groups is 2. The molecule has 0 bridgehead atoms. The number of hydrazine groups is 1. The van der Waals surface area contributed by atoms with Gasteiger partial charge in [0.2, 0.25) is 10.0 Å². The minimum absolute atomic E-state index is 0.0534. The summed E-state index contributed by atoms with van der Waals surface area (Å²) in [5.74, 6) is -0.595. The number of para-hydroxylation sites is 1. The van der Waals surface area contributed by atoms with Crippen LogP contribution in [0.15, 0.2) is 35.4 Å². The molecule has 2 aromatic rings. The number of hydrogen-bond donors (Lipinski definition) is 3. The van der Waals surface area contributed by atoms with E-state index in [1.54, 1.807) is 0 Å². The molecule has 1 aromatic heterocycles. The largest absolute Gasteiger partial charge is 0.483 e. The van der Waals surface area contributed by atoms with Crippen molar-refractivity contribution in [3.8, 4) is 5.75 Å². The van der Waals surface area contributed by atoms with Gasteiger partial charge in [-0.3, -0.25) is 20.4 Å². The van der Waals surface area contributed by atoms with Crippen LogP contribution in [0.4, 0.5) is 0 Å². The Morgan fingerprint density at radius 1 is 1.15 bits per heavy atom. The summed E-state index contributed by atoms with van der Waals surface area (Å²) in [5, 5.41) is 0. The second-order valence-electron chi connectivity index (χ2n) is 5.89. The van der Waals surface area contributed by atoms with E-state index >= 15 is 0 Å². The van der Waals surface area contributed by atoms with Gasteiger partial charge in [-0.05, 0) is 38.1 Å². The number of amides is 2. The van der Waals surface area contributed by atoms with E-state index < -0.39 is 21.8 Å². The molecule has 146 valence electrons. The standard InChI is InChI=1S/C17H22N4O5S/c1-11-6-5-7-12(2)16(11)26-10-15(22)19-20-17(23)14-8-13(9-21(14)4)27(24,25)18-3/h5-9,18H,10H2,1-4H3,(H,19,22)(H,20,23). The first-order chi connectivity index (χ1) is 12.7. The van der Waals surface area contributed by atoms with Crippen LogP contribution < -0.4 is 20.3 Å². The summed E-state index contributed by atoms with van der Waals surface area (Å²) < 4.78 is 32.6. The van der Waals surface area contributed by atoms with Crippen LogP contribution in [-0.2, 0) is 21.9 Å². The normalized spacial score (nSPS) is 11.1. The van der Waals surface area contributed by atoms with E-state index in [0.717, 1.165) is 11.1 Å². The van der Waals surface area contributed by atoms with Gasteiger partial charge in [-0.2, -0.15) is 0 Å². The van der Waals surface area contributed by atoms with Crippen molar-refractivity contribution in [2.45, 2.75) is 18.7 Å². The first-order valence-corrected chi connectivity index (χ1v) is 9.52. The molecule has 2 rings (SSSR count). The Morgan fingerprint density at radius 2 is 1.78 bits per heavy atom. The Bertz CT molecular complexity index is 945. The van der Waals surface area contributed by atoms with E-state index in [1.165, 1.54) is 30.9 Å². The molecule has 0 atom stereocenters.